The normalized spacial score (nSPS) is 13.1. The minimum Gasteiger partial charge on any atom is -0.381 e. The predicted octanol–water partition coefficient (Wildman–Crippen LogP) is 2.11. The quantitative estimate of drug-likeness (QED) is 0.855. The lowest BCUT2D eigenvalue weighted by Crippen LogP contribution is -2.22. The topological polar surface area (TPSA) is 56.7 Å². The fourth-order valence-electron chi connectivity index (χ4n) is 1.49. The summed E-state index contributed by atoms with van der Waals surface area (Å²) in [5, 5.41) is 7.23. The Hall–Kier alpha value is -1.27. The Labute approximate surface area is 91.6 Å². The van der Waals surface area contributed by atoms with Crippen molar-refractivity contribution in [3.8, 4) is 0 Å². The Kier molecular flexibility index (Phi) is 3.16. The second-order valence-corrected chi connectivity index (χ2v) is 4.66. The van der Waals surface area contributed by atoms with Crippen LogP contribution in [0.25, 0.3) is 0 Å². The molecule has 1 aromatic heterocycles. The minimum atomic E-state index is -4.20. The highest BCUT2D eigenvalue weighted by molar-refractivity contribution is 5.37. The van der Waals surface area contributed by atoms with Crippen LogP contribution in [0.4, 0.5) is 19.0 Å². The van der Waals surface area contributed by atoms with E-state index in [-0.39, 0.29) is 17.8 Å². The molecule has 0 spiro atoms. The number of hydrogen-bond acceptors (Lipinski definition) is 3. The molecule has 0 bridgehead atoms. The van der Waals surface area contributed by atoms with Gasteiger partial charge in [-0.15, -0.1) is 5.10 Å². The van der Waals surface area contributed by atoms with Gasteiger partial charge in [0.15, 0.2) is 5.82 Å². The molecule has 0 radical (unpaired) electrons. The van der Waals surface area contributed by atoms with Gasteiger partial charge < -0.3 is 5.73 Å². The zero-order chi connectivity index (χ0) is 12.6. The van der Waals surface area contributed by atoms with Crippen molar-refractivity contribution in [3.05, 3.63) is 5.69 Å². The zero-order valence-electron chi connectivity index (χ0n) is 9.47. The van der Waals surface area contributed by atoms with Crippen LogP contribution < -0.4 is 5.73 Å². The lowest BCUT2D eigenvalue weighted by Gasteiger charge is -2.20. The molecule has 2 N–H and O–H groups in total. The number of nitrogens with zero attached hydrogens (tertiary/aromatic N) is 3. The van der Waals surface area contributed by atoms with Gasteiger partial charge in [0.25, 0.3) is 0 Å². The van der Waals surface area contributed by atoms with Crippen LogP contribution in [-0.2, 0) is 12.0 Å². The third kappa shape index (κ3) is 3.11. The molecule has 0 aliphatic rings. The summed E-state index contributed by atoms with van der Waals surface area (Å²) in [4.78, 5) is 0. The maximum atomic E-state index is 12.1. The third-order valence-electron chi connectivity index (χ3n) is 2.08. The van der Waals surface area contributed by atoms with E-state index in [1.165, 1.54) is 4.68 Å². The highest BCUT2D eigenvalue weighted by Crippen LogP contribution is 2.27. The first-order chi connectivity index (χ1) is 7.11. The van der Waals surface area contributed by atoms with Crippen molar-refractivity contribution in [3.63, 3.8) is 0 Å². The number of anilines is 1. The number of halogens is 3. The molecule has 0 aliphatic carbocycles. The molecule has 0 saturated carbocycles. The molecule has 0 fully saturated rings. The van der Waals surface area contributed by atoms with Crippen molar-refractivity contribution in [2.45, 2.75) is 45.3 Å². The highest BCUT2D eigenvalue weighted by Gasteiger charge is 2.29. The molecule has 0 saturated heterocycles. The van der Waals surface area contributed by atoms with Gasteiger partial charge in [-0.3, -0.25) is 0 Å². The number of rotatable bonds is 2. The zero-order valence-corrected chi connectivity index (χ0v) is 9.47. The molecule has 16 heavy (non-hydrogen) atoms. The average molecular weight is 236 g/mol. The van der Waals surface area contributed by atoms with E-state index in [2.05, 4.69) is 10.3 Å². The SMILES string of the molecule is CC(C)(C)c1c(N)nnn1CCC(F)(F)F. The summed E-state index contributed by atoms with van der Waals surface area (Å²) in [6.07, 6.45) is -5.13. The van der Waals surface area contributed by atoms with Gasteiger partial charge in [-0.05, 0) is 0 Å². The Bertz CT molecular complexity index is 362. The van der Waals surface area contributed by atoms with E-state index < -0.39 is 12.6 Å². The standard InChI is InChI=1S/C9H15F3N4/c1-8(2,3)6-7(13)14-15-16(6)5-4-9(10,11)12/h4-5,13H2,1-3H3. The number of nitrogens with two attached hydrogens (primary N) is 1. The van der Waals surface area contributed by atoms with Gasteiger partial charge in [0.2, 0.25) is 0 Å². The van der Waals surface area contributed by atoms with Crippen LogP contribution in [-0.4, -0.2) is 21.2 Å². The maximum absolute atomic E-state index is 12.1. The smallest absolute Gasteiger partial charge is 0.381 e. The van der Waals surface area contributed by atoms with E-state index in [1.54, 1.807) is 0 Å². The van der Waals surface area contributed by atoms with E-state index >= 15 is 0 Å². The van der Waals surface area contributed by atoms with E-state index in [0.717, 1.165) is 0 Å². The van der Waals surface area contributed by atoms with Gasteiger partial charge in [0.1, 0.15) is 0 Å². The lowest BCUT2D eigenvalue weighted by molar-refractivity contribution is -0.137. The molecule has 1 rings (SSSR count). The fraction of sp³-hybridized carbons (Fsp3) is 0.778. The van der Waals surface area contributed by atoms with Crippen LogP contribution in [0.2, 0.25) is 0 Å². The number of aromatic nitrogens is 3. The average Bonchev–Trinajstić information content (AvgIpc) is 2.41. The van der Waals surface area contributed by atoms with Crippen LogP contribution in [0.1, 0.15) is 32.9 Å². The number of aryl methyl sites for hydroxylation is 1. The van der Waals surface area contributed by atoms with Crippen molar-refractivity contribution < 1.29 is 13.2 Å². The van der Waals surface area contributed by atoms with E-state index in [4.69, 9.17) is 5.73 Å². The van der Waals surface area contributed by atoms with Gasteiger partial charge in [-0.25, -0.2) is 4.68 Å². The van der Waals surface area contributed by atoms with Crippen LogP contribution in [0.3, 0.4) is 0 Å². The molecule has 1 heterocycles. The highest BCUT2D eigenvalue weighted by atomic mass is 19.4. The molecule has 0 atom stereocenters. The Morgan fingerprint density at radius 3 is 2.25 bits per heavy atom. The first-order valence-corrected chi connectivity index (χ1v) is 4.87. The minimum absolute atomic E-state index is 0.190. The molecule has 92 valence electrons. The molecule has 4 nitrogen and oxygen atoms in total. The summed E-state index contributed by atoms with van der Waals surface area (Å²) >= 11 is 0. The predicted molar refractivity (Wildman–Crippen MR) is 53.8 cm³/mol. The largest absolute Gasteiger partial charge is 0.390 e. The summed E-state index contributed by atoms with van der Waals surface area (Å²) in [5.74, 6) is 0.190. The second kappa shape index (κ2) is 3.95. The first kappa shape index (κ1) is 12.8. The van der Waals surface area contributed by atoms with Gasteiger partial charge in [0, 0.05) is 5.41 Å². The van der Waals surface area contributed by atoms with Crippen molar-refractivity contribution >= 4 is 5.82 Å². The van der Waals surface area contributed by atoms with Crippen molar-refractivity contribution in [1.82, 2.24) is 15.0 Å². The summed E-state index contributed by atoms with van der Waals surface area (Å²) in [7, 11) is 0. The molecule has 0 amide bonds. The van der Waals surface area contributed by atoms with Crippen LogP contribution in [0.15, 0.2) is 0 Å². The molecular formula is C9H15F3N4. The van der Waals surface area contributed by atoms with Crippen LogP contribution in [0, 0.1) is 0 Å². The van der Waals surface area contributed by atoms with Crippen molar-refractivity contribution in [1.29, 1.82) is 0 Å². The van der Waals surface area contributed by atoms with Crippen molar-refractivity contribution in [2.75, 3.05) is 5.73 Å². The number of hydrogen-bond donors (Lipinski definition) is 1. The molecule has 0 aromatic carbocycles. The molecular weight excluding hydrogens is 221 g/mol. The number of nitrogen functional groups attached to an aromatic ring is 1. The summed E-state index contributed by atoms with van der Waals surface area (Å²) in [6, 6.07) is 0. The Balaban J connectivity index is 2.90. The molecule has 0 aliphatic heterocycles. The Morgan fingerprint density at radius 1 is 1.25 bits per heavy atom. The summed E-state index contributed by atoms with van der Waals surface area (Å²) < 4.78 is 37.5. The molecule has 1 aromatic rings. The van der Waals surface area contributed by atoms with Gasteiger partial charge >= 0.3 is 6.18 Å². The van der Waals surface area contributed by atoms with E-state index in [9.17, 15) is 13.2 Å². The van der Waals surface area contributed by atoms with Crippen molar-refractivity contribution in [2.24, 2.45) is 0 Å². The molecule has 0 unspecified atom stereocenters. The summed E-state index contributed by atoms with van der Waals surface area (Å²) in [5.41, 5.74) is 5.75. The number of alkyl halides is 3. The van der Waals surface area contributed by atoms with Gasteiger partial charge in [-0.1, -0.05) is 26.0 Å². The van der Waals surface area contributed by atoms with Crippen LogP contribution in [0.5, 0.6) is 0 Å². The van der Waals surface area contributed by atoms with E-state index in [1.807, 2.05) is 20.8 Å². The lowest BCUT2D eigenvalue weighted by atomic mass is 9.92. The van der Waals surface area contributed by atoms with E-state index in [0.29, 0.717) is 5.69 Å². The fourth-order valence-corrected chi connectivity index (χ4v) is 1.49. The Morgan fingerprint density at radius 2 is 1.81 bits per heavy atom. The summed E-state index contributed by atoms with van der Waals surface area (Å²) in [6.45, 7) is 5.31. The third-order valence-corrected chi connectivity index (χ3v) is 2.08. The van der Waals surface area contributed by atoms with Gasteiger partial charge in [-0.2, -0.15) is 13.2 Å². The van der Waals surface area contributed by atoms with Gasteiger partial charge in [0.05, 0.1) is 18.7 Å². The monoisotopic (exact) mass is 236 g/mol. The first-order valence-electron chi connectivity index (χ1n) is 4.87. The second-order valence-electron chi connectivity index (χ2n) is 4.66. The molecule has 7 heteroatoms. The van der Waals surface area contributed by atoms with Crippen LogP contribution >= 0.6 is 0 Å². The maximum Gasteiger partial charge on any atom is 0.390 e.